The minimum atomic E-state index is -0.385. The summed E-state index contributed by atoms with van der Waals surface area (Å²) in [4.78, 5) is 41.4. The van der Waals surface area contributed by atoms with Crippen molar-refractivity contribution in [2.45, 2.75) is 25.5 Å². The van der Waals surface area contributed by atoms with Crippen molar-refractivity contribution < 1.29 is 19.4 Å². The van der Waals surface area contributed by atoms with Gasteiger partial charge in [0.2, 0.25) is 5.91 Å². The van der Waals surface area contributed by atoms with Crippen molar-refractivity contribution in [2.75, 3.05) is 44.6 Å². The molecule has 1 aromatic carbocycles. The van der Waals surface area contributed by atoms with Crippen LogP contribution in [0.1, 0.15) is 13.3 Å². The van der Waals surface area contributed by atoms with Gasteiger partial charge in [-0.25, -0.2) is 9.97 Å². The zero-order chi connectivity index (χ0) is 28.7. The summed E-state index contributed by atoms with van der Waals surface area (Å²) < 4.78 is 5.86. The lowest BCUT2D eigenvalue weighted by Crippen LogP contribution is -2.51. The standard InChI is InChI=1S/C29H34ClN7O4/c1-16(38)14-36-7-9-37(10-8-36)22(39)15-41-20-4-2-3-19(12-20)28-34-26-25(21(30)13-32-29(26)35-28)33-24-18-6-5-17(11-18)23(24)27(31)40/h2-6,12-13,16-18,23-24,38H,7-11,14-15H2,1H3,(H2,31,40)(H2,32,33,34,35)/t16?,17-,18+,23+,24-/m1/s1. The molecule has 1 aliphatic heterocycles. The average Bonchev–Trinajstić information content (AvgIpc) is 3.69. The number of nitrogens with two attached hydrogens (primary N) is 1. The molecule has 12 heteroatoms. The number of nitrogens with zero attached hydrogens (tertiary/aromatic N) is 4. The SMILES string of the molecule is CC(O)CN1CCN(C(=O)COc2cccc(-c3nc4c(N[C@H]5[C@@H](C(N)=O)[C@@H]6C=C[C@H]5C6)c(Cl)cnc4[nH]3)c2)CC1. The summed E-state index contributed by atoms with van der Waals surface area (Å²) in [6.45, 7) is 4.99. The number of primary amides is 1. The van der Waals surface area contributed by atoms with Crippen molar-refractivity contribution in [3.05, 3.63) is 47.6 Å². The first kappa shape index (κ1) is 27.5. The van der Waals surface area contributed by atoms with Crippen molar-refractivity contribution in [1.29, 1.82) is 0 Å². The van der Waals surface area contributed by atoms with Gasteiger partial charge in [-0.2, -0.15) is 0 Å². The van der Waals surface area contributed by atoms with Gasteiger partial charge in [0.15, 0.2) is 12.3 Å². The molecule has 2 aliphatic carbocycles. The number of allylic oxidation sites excluding steroid dienone is 1. The maximum atomic E-state index is 12.8. The van der Waals surface area contributed by atoms with Crippen molar-refractivity contribution in [2.24, 2.45) is 23.5 Å². The normalized spacial score (nSPS) is 24.6. The van der Waals surface area contributed by atoms with Crippen LogP contribution in [0.25, 0.3) is 22.6 Å². The Hall–Kier alpha value is -3.67. The van der Waals surface area contributed by atoms with Crippen molar-refractivity contribution in [3.63, 3.8) is 0 Å². The van der Waals surface area contributed by atoms with E-state index in [0.717, 1.165) is 25.1 Å². The number of halogens is 1. The van der Waals surface area contributed by atoms with E-state index in [1.54, 1.807) is 24.1 Å². The number of carbonyl (C=O) groups excluding carboxylic acids is 2. The minimum absolute atomic E-state index is 0.0652. The van der Waals surface area contributed by atoms with E-state index in [4.69, 9.17) is 27.1 Å². The third-order valence-corrected chi connectivity index (χ3v) is 8.57. The molecule has 3 aliphatic rings. The first-order valence-electron chi connectivity index (χ1n) is 14.0. The van der Waals surface area contributed by atoms with Crippen LogP contribution in [-0.4, -0.2) is 93.1 Å². The zero-order valence-corrected chi connectivity index (χ0v) is 23.6. The average molecular weight is 580 g/mol. The van der Waals surface area contributed by atoms with Crippen LogP contribution in [0.5, 0.6) is 5.75 Å². The summed E-state index contributed by atoms with van der Waals surface area (Å²) in [6, 6.07) is 7.20. The smallest absolute Gasteiger partial charge is 0.260 e. The van der Waals surface area contributed by atoms with Gasteiger partial charge in [0.05, 0.1) is 28.9 Å². The number of anilines is 1. The number of ether oxygens (including phenoxy) is 1. The molecule has 1 saturated carbocycles. The Kier molecular flexibility index (Phi) is 7.58. The largest absolute Gasteiger partial charge is 0.484 e. The number of rotatable bonds is 9. The molecule has 0 spiro atoms. The van der Waals surface area contributed by atoms with Crippen LogP contribution >= 0.6 is 11.6 Å². The van der Waals surface area contributed by atoms with Crippen LogP contribution < -0.4 is 15.8 Å². The fourth-order valence-corrected chi connectivity index (χ4v) is 6.49. The van der Waals surface area contributed by atoms with Gasteiger partial charge in [-0.05, 0) is 37.3 Å². The Labute approximate surface area is 242 Å². The zero-order valence-electron chi connectivity index (χ0n) is 22.8. The van der Waals surface area contributed by atoms with Crippen LogP contribution in [0.15, 0.2) is 42.6 Å². The lowest BCUT2D eigenvalue weighted by Gasteiger charge is -2.35. The lowest BCUT2D eigenvalue weighted by atomic mass is 9.88. The van der Waals surface area contributed by atoms with E-state index < -0.39 is 0 Å². The molecule has 2 aromatic heterocycles. The van der Waals surface area contributed by atoms with Gasteiger partial charge >= 0.3 is 0 Å². The second kappa shape index (κ2) is 11.3. The number of fused-ring (bicyclic) bond motifs is 3. The number of aliphatic hydroxyl groups is 1. The number of aromatic nitrogens is 3. The number of imidazole rings is 1. The highest BCUT2D eigenvalue weighted by Crippen LogP contribution is 2.46. The van der Waals surface area contributed by atoms with Gasteiger partial charge in [-0.3, -0.25) is 14.5 Å². The molecule has 2 bridgehead atoms. The van der Waals surface area contributed by atoms with Gasteiger partial charge in [-0.1, -0.05) is 35.9 Å². The summed E-state index contributed by atoms with van der Waals surface area (Å²) in [5.74, 6) is 0.740. The van der Waals surface area contributed by atoms with Gasteiger partial charge in [0.25, 0.3) is 5.91 Å². The Balaban J connectivity index is 1.15. The monoisotopic (exact) mass is 579 g/mol. The second-order valence-corrected chi connectivity index (χ2v) is 11.6. The summed E-state index contributed by atoms with van der Waals surface area (Å²) in [7, 11) is 0. The maximum absolute atomic E-state index is 12.8. The summed E-state index contributed by atoms with van der Waals surface area (Å²) in [5, 5.41) is 13.5. The molecule has 3 heterocycles. The molecule has 5 N–H and O–H groups in total. The van der Waals surface area contributed by atoms with E-state index in [1.807, 2.05) is 18.2 Å². The number of aromatic amines is 1. The minimum Gasteiger partial charge on any atom is -0.484 e. The number of H-pyrrole nitrogens is 1. The van der Waals surface area contributed by atoms with E-state index in [1.165, 1.54) is 0 Å². The Bertz CT molecular complexity index is 1480. The highest BCUT2D eigenvalue weighted by atomic mass is 35.5. The first-order chi connectivity index (χ1) is 19.8. The lowest BCUT2D eigenvalue weighted by molar-refractivity contribution is -0.135. The van der Waals surface area contributed by atoms with E-state index in [9.17, 15) is 14.7 Å². The van der Waals surface area contributed by atoms with Crippen molar-refractivity contribution >= 4 is 40.3 Å². The summed E-state index contributed by atoms with van der Waals surface area (Å²) >= 11 is 6.57. The molecule has 3 aromatic rings. The predicted octanol–water partition coefficient (Wildman–Crippen LogP) is 2.27. The second-order valence-electron chi connectivity index (χ2n) is 11.2. The molecule has 2 fully saturated rings. The molecule has 216 valence electrons. The van der Waals surface area contributed by atoms with Crippen molar-refractivity contribution in [1.82, 2.24) is 24.8 Å². The fourth-order valence-electron chi connectivity index (χ4n) is 6.30. The van der Waals surface area contributed by atoms with E-state index >= 15 is 0 Å². The van der Waals surface area contributed by atoms with E-state index in [-0.39, 0.29) is 48.3 Å². The number of nitrogens with one attached hydrogen (secondary N) is 2. The number of pyridine rings is 1. The number of hydrogen-bond acceptors (Lipinski definition) is 8. The van der Waals surface area contributed by atoms with Crippen LogP contribution in [0, 0.1) is 17.8 Å². The van der Waals surface area contributed by atoms with Crippen LogP contribution in [0.4, 0.5) is 5.69 Å². The molecule has 2 amide bonds. The van der Waals surface area contributed by atoms with Crippen LogP contribution in [0.2, 0.25) is 5.02 Å². The topological polar surface area (TPSA) is 150 Å². The number of β-amino-alcohol motifs (C(OH)–C–C–N with tert-alkyl or cyclic N) is 1. The Morgan fingerprint density at radius 3 is 2.78 bits per heavy atom. The van der Waals surface area contributed by atoms with Crippen LogP contribution in [0.3, 0.4) is 0 Å². The quantitative estimate of drug-likeness (QED) is 0.282. The molecule has 1 saturated heterocycles. The molecule has 0 radical (unpaired) electrons. The third kappa shape index (κ3) is 5.61. The van der Waals surface area contributed by atoms with Gasteiger partial charge in [0, 0.05) is 44.3 Å². The van der Waals surface area contributed by atoms with Gasteiger partial charge in [0.1, 0.15) is 17.1 Å². The Morgan fingerprint density at radius 2 is 2.02 bits per heavy atom. The van der Waals surface area contributed by atoms with Gasteiger partial charge in [-0.15, -0.1) is 0 Å². The van der Waals surface area contributed by atoms with Crippen molar-refractivity contribution in [3.8, 4) is 17.1 Å². The number of benzene rings is 1. The molecular formula is C29H34ClN7O4. The number of aliphatic hydroxyl groups excluding tert-OH is 1. The third-order valence-electron chi connectivity index (χ3n) is 8.28. The molecular weight excluding hydrogens is 546 g/mol. The number of piperazine rings is 1. The predicted molar refractivity (Wildman–Crippen MR) is 155 cm³/mol. The molecule has 41 heavy (non-hydrogen) atoms. The molecule has 11 nitrogen and oxygen atoms in total. The first-order valence-corrected chi connectivity index (χ1v) is 14.3. The molecule has 1 unspecified atom stereocenters. The number of hydrogen-bond donors (Lipinski definition) is 4. The summed E-state index contributed by atoms with van der Waals surface area (Å²) in [6.07, 6.45) is 6.28. The maximum Gasteiger partial charge on any atom is 0.260 e. The highest BCUT2D eigenvalue weighted by molar-refractivity contribution is 6.34. The van der Waals surface area contributed by atoms with E-state index in [2.05, 4.69) is 32.3 Å². The highest BCUT2D eigenvalue weighted by Gasteiger charge is 2.47. The Morgan fingerprint density at radius 1 is 1.24 bits per heavy atom. The molecule has 6 rings (SSSR count). The number of amides is 2. The molecule has 5 atom stereocenters. The van der Waals surface area contributed by atoms with E-state index in [0.29, 0.717) is 53.1 Å². The van der Waals surface area contributed by atoms with Crippen LogP contribution in [-0.2, 0) is 9.59 Å². The fraction of sp³-hybridized carbons (Fsp3) is 0.448. The number of carbonyl (C=O) groups is 2. The van der Waals surface area contributed by atoms with Gasteiger partial charge < -0.3 is 30.8 Å². The summed E-state index contributed by atoms with van der Waals surface area (Å²) in [5.41, 5.74) is 8.25.